The summed E-state index contributed by atoms with van der Waals surface area (Å²) in [6.45, 7) is 3.75. The van der Waals surface area contributed by atoms with E-state index in [1.807, 2.05) is 10.7 Å². The maximum atomic E-state index is 9.51. The number of likely N-dealkylation sites (tertiary alicyclic amines) is 1. The molecule has 0 saturated carbocycles. The van der Waals surface area contributed by atoms with Crippen LogP contribution in [0.1, 0.15) is 19.3 Å². The van der Waals surface area contributed by atoms with Crippen molar-refractivity contribution in [3.63, 3.8) is 0 Å². The number of fused-ring (bicyclic) bond motifs is 1. The molecule has 1 aromatic carbocycles. The molecule has 0 spiro atoms. The van der Waals surface area contributed by atoms with Crippen molar-refractivity contribution in [2.75, 3.05) is 25.4 Å². The number of hydrogen-bond acceptors (Lipinski definition) is 5. The second-order valence-corrected chi connectivity index (χ2v) is 5.74. The van der Waals surface area contributed by atoms with Crippen LogP contribution in [0.15, 0.2) is 18.2 Å². The number of phenols is 1. The van der Waals surface area contributed by atoms with E-state index < -0.39 is 0 Å². The third-order valence-electron chi connectivity index (χ3n) is 4.16. The van der Waals surface area contributed by atoms with Gasteiger partial charge in [0.1, 0.15) is 5.75 Å². The van der Waals surface area contributed by atoms with Crippen LogP contribution in [0.4, 0.5) is 5.82 Å². The summed E-state index contributed by atoms with van der Waals surface area (Å²) in [5, 5.41) is 24.2. The third-order valence-corrected chi connectivity index (χ3v) is 4.16. The zero-order valence-corrected chi connectivity index (χ0v) is 12.1. The average molecular weight is 290 g/mol. The van der Waals surface area contributed by atoms with Crippen molar-refractivity contribution < 1.29 is 10.2 Å². The Kier molecular flexibility index (Phi) is 3.98. The fraction of sp³-hybridized carbons (Fsp3) is 0.533. The largest absolute Gasteiger partial charge is 0.508 e. The van der Waals surface area contributed by atoms with Crippen LogP contribution in [0.2, 0.25) is 0 Å². The molecule has 0 unspecified atom stereocenters. The lowest BCUT2D eigenvalue weighted by Crippen LogP contribution is -2.36. The second kappa shape index (κ2) is 5.91. The van der Waals surface area contributed by atoms with Crippen LogP contribution in [-0.2, 0) is 6.54 Å². The fourth-order valence-corrected chi connectivity index (χ4v) is 2.95. The van der Waals surface area contributed by atoms with E-state index in [0.717, 1.165) is 56.3 Å². The molecular formula is C15H22N4O2. The van der Waals surface area contributed by atoms with Crippen LogP contribution in [-0.4, -0.2) is 50.6 Å². The van der Waals surface area contributed by atoms with Gasteiger partial charge >= 0.3 is 0 Å². The number of anilines is 1. The van der Waals surface area contributed by atoms with Crippen molar-refractivity contribution in [1.29, 1.82) is 0 Å². The molecule has 1 saturated heterocycles. The van der Waals surface area contributed by atoms with E-state index in [0.29, 0.717) is 5.82 Å². The minimum atomic E-state index is -0.121. The maximum Gasteiger partial charge on any atom is 0.153 e. The third kappa shape index (κ3) is 3.11. The summed E-state index contributed by atoms with van der Waals surface area (Å²) in [5.74, 6) is 0.669. The number of nitrogens with zero attached hydrogens (tertiary/aromatic N) is 3. The molecule has 1 aromatic heterocycles. The molecule has 1 fully saturated rings. The van der Waals surface area contributed by atoms with Crippen LogP contribution in [0.3, 0.4) is 0 Å². The summed E-state index contributed by atoms with van der Waals surface area (Å²) in [6, 6.07) is 5.16. The van der Waals surface area contributed by atoms with E-state index >= 15 is 0 Å². The molecule has 1 aliphatic rings. The maximum absolute atomic E-state index is 9.51. The van der Waals surface area contributed by atoms with Gasteiger partial charge in [0.2, 0.25) is 0 Å². The number of aromatic hydroxyl groups is 1. The highest BCUT2D eigenvalue weighted by Crippen LogP contribution is 2.25. The van der Waals surface area contributed by atoms with Crippen LogP contribution >= 0.6 is 0 Å². The lowest BCUT2D eigenvalue weighted by atomic mass is 10.1. The van der Waals surface area contributed by atoms with Crippen LogP contribution < -0.4 is 5.73 Å². The lowest BCUT2D eigenvalue weighted by Gasteiger charge is -2.29. The van der Waals surface area contributed by atoms with Gasteiger partial charge in [-0.1, -0.05) is 0 Å². The predicted molar refractivity (Wildman–Crippen MR) is 82.1 cm³/mol. The van der Waals surface area contributed by atoms with Gasteiger partial charge in [-0.25, -0.2) is 0 Å². The van der Waals surface area contributed by atoms with Gasteiger partial charge in [-0.3, -0.25) is 4.68 Å². The first-order valence-electron chi connectivity index (χ1n) is 7.49. The van der Waals surface area contributed by atoms with E-state index in [4.69, 9.17) is 5.73 Å². The Morgan fingerprint density at radius 3 is 2.76 bits per heavy atom. The highest BCUT2D eigenvalue weighted by atomic mass is 16.3. The normalized spacial score (nSPS) is 17.6. The number of aromatic nitrogens is 2. The minimum absolute atomic E-state index is 0.121. The first kappa shape index (κ1) is 14.2. The lowest BCUT2D eigenvalue weighted by molar-refractivity contribution is 0.0814. The number of piperidine rings is 1. The molecule has 6 nitrogen and oxygen atoms in total. The van der Waals surface area contributed by atoms with Gasteiger partial charge < -0.3 is 20.8 Å². The summed E-state index contributed by atoms with van der Waals surface area (Å²) in [5.41, 5.74) is 6.85. The highest BCUT2D eigenvalue weighted by molar-refractivity contribution is 5.90. The Hall–Kier alpha value is -1.79. The topological polar surface area (TPSA) is 87.5 Å². The van der Waals surface area contributed by atoms with E-state index in [-0.39, 0.29) is 11.9 Å². The Labute approximate surface area is 123 Å². The van der Waals surface area contributed by atoms with Crippen molar-refractivity contribution in [3.05, 3.63) is 18.2 Å². The molecule has 21 heavy (non-hydrogen) atoms. The molecule has 0 bridgehead atoms. The Bertz CT molecular complexity index is 617. The Morgan fingerprint density at radius 1 is 1.24 bits per heavy atom. The van der Waals surface area contributed by atoms with Crippen molar-refractivity contribution in [2.45, 2.75) is 31.9 Å². The fourth-order valence-electron chi connectivity index (χ4n) is 2.95. The van der Waals surface area contributed by atoms with Gasteiger partial charge in [-0.2, -0.15) is 5.10 Å². The Morgan fingerprint density at radius 2 is 2.00 bits per heavy atom. The van der Waals surface area contributed by atoms with Crippen LogP contribution in [0.5, 0.6) is 5.75 Å². The van der Waals surface area contributed by atoms with E-state index in [2.05, 4.69) is 10.00 Å². The van der Waals surface area contributed by atoms with Gasteiger partial charge in [-0.05, 0) is 44.0 Å². The predicted octanol–water partition coefficient (Wildman–Crippen LogP) is 1.17. The summed E-state index contributed by atoms with van der Waals surface area (Å²) < 4.78 is 1.91. The number of aryl methyl sites for hydroxylation is 1. The van der Waals surface area contributed by atoms with Crippen molar-refractivity contribution >= 4 is 16.7 Å². The molecule has 0 aliphatic carbocycles. The van der Waals surface area contributed by atoms with Gasteiger partial charge in [-0.15, -0.1) is 0 Å². The van der Waals surface area contributed by atoms with Gasteiger partial charge in [0.25, 0.3) is 0 Å². The molecule has 3 rings (SSSR count). The quantitative estimate of drug-likeness (QED) is 0.787. The number of hydrogen-bond donors (Lipinski definition) is 3. The van der Waals surface area contributed by atoms with Gasteiger partial charge in [0, 0.05) is 25.0 Å². The highest BCUT2D eigenvalue weighted by Gasteiger charge is 2.16. The minimum Gasteiger partial charge on any atom is -0.508 e. The SMILES string of the molecule is Nc1nn(CCCN2CCC(O)CC2)c2ccc(O)cc12. The summed E-state index contributed by atoms with van der Waals surface area (Å²) in [7, 11) is 0. The molecule has 2 heterocycles. The molecule has 0 amide bonds. The number of aliphatic hydroxyl groups excluding tert-OH is 1. The molecule has 2 aromatic rings. The molecule has 0 atom stereocenters. The second-order valence-electron chi connectivity index (χ2n) is 5.74. The summed E-state index contributed by atoms with van der Waals surface area (Å²) in [6.07, 6.45) is 2.62. The molecule has 1 aliphatic heterocycles. The standard InChI is InChI=1S/C15H22N4O2/c16-15-13-10-12(21)2-3-14(13)19(17-15)7-1-6-18-8-4-11(20)5-9-18/h2-3,10-11,20-21H,1,4-9H2,(H2,16,17). The van der Waals surface area contributed by atoms with Crippen molar-refractivity contribution in [2.24, 2.45) is 0 Å². The summed E-state index contributed by atoms with van der Waals surface area (Å²) >= 11 is 0. The monoisotopic (exact) mass is 290 g/mol. The van der Waals surface area contributed by atoms with Crippen molar-refractivity contribution in [3.8, 4) is 5.75 Å². The molecule has 0 radical (unpaired) electrons. The zero-order valence-electron chi connectivity index (χ0n) is 12.1. The Balaban J connectivity index is 1.61. The molecule has 4 N–H and O–H groups in total. The van der Waals surface area contributed by atoms with Crippen molar-refractivity contribution in [1.82, 2.24) is 14.7 Å². The molecular weight excluding hydrogens is 268 g/mol. The van der Waals surface area contributed by atoms with Crippen LogP contribution in [0, 0.1) is 0 Å². The van der Waals surface area contributed by atoms with E-state index in [9.17, 15) is 10.2 Å². The molecule has 114 valence electrons. The number of rotatable bonds is 4. The molecule has 6 heteroatoms. The summed E-state index contributed by atoms with van der Waals surface area (Å²) in [4.78, 5) is 2.38. The van der Waals surface area contributed by atoms with E-state index in [1.165, 1.54) is 0 Å². The number of nitrogen functional groups attached to an aromatic ring is 1. The number of nitrogens with two attached hydrogens (primary N) is 1. The van der Waals surface area contributed by atoms with E-state index in [1.54, 1.807) is 12.1 Å². The van der Waals surface area contributed by atoms with Gasteiger partial charge in [0.15, 0.2) is 5.82 Å². The zero-order chi connectivity index (χ0) is 14.8. The number of benzene rings is 1. The van der Waals surface area contributed by atoms with Crippen LogP contribution in [0.25, 0.3) is 10.9 Å². The smallest absolute Gasteiger partial charge is 0.153 e. The number of phenolic OH excluding ortho intramolecular Hbond substituents is 1. The number of aliphatic hydroxyl groups is 1. The first-order chi connectivity index (χ1) is 10.1. The average Bonchev–Trinajstić information content (AvgIpc) is 2.77. The first-order valence-corrected chi connectivity index (χ1v) is 7.49. The van der Waals surface area contributed by atoms with Gasteiger partial charge in [0.05, 0.1) is 11.6 Å².